The van der Waals surface area contributed by atoms with Crippen molar-refractivity contribution in [2.45, 2.75) is 38.5 Å². The lowest BCUT2D eigenvalue weighted by molar-refractivity contribution is -0.123. The van der Waals surface area contributed by atoms with Gasteiger partial charge in [-0.1, -0.05) is 17.7 Å². The minimum Gasteiger partial charge on any atom is -0.489 e. The van der Waals surface area contributed by atoms with E-state index in [4.69, 9.17) is 4.74 Å². The number of benzene rings is 1. The van der Waals surface area contributed by atoms with Gasteiger partial charge in [0.05, 0.1) is 18.7 Å². The van der Waals surface area contributed by atoms with E-state index in [0.29, 0.717) is 19.5 Å². The summed E-state index contributed by atoms with van der Waals surface area (Å²) in [5.41, 5.74) is 1.18. The lowest BCUT2D eigenvalue weighted by Crippen LogP contribution is -2.43. The molecular formula is C15H22N2O3. The smallest absolute Gasteiger partial charge is 0.237 e. The summed E-state index contributed by atoms with van der Waals surface area (Å²) in [7, 11) is 0. The minimum atomic E-state index is -0.424. The van der Waals surface area contributed by atoms with Crippen molar-refractivity contribution in [1.29, 1.82) is 0 Å². The van der Waals surface area contributed by atoms with Crippen molar-refractivity contribution in [2.24, 2.45) is 0 Å². The summed E-state index contributed by atoms with van der Waals surface area (Å²) >= 11 is 0. The number of amides is 1. The van der Waals surface area contributed by atoms with Crippen molar-refractivity contribution in [3.05, 3.63) is 29.8 Å². The molecule has 0 radical (unpaired) electrons. The Bertz CT molecular complexity index is 447. The zero-order chi connectivity index (χ0) is 14.5. The first-order valence-electron chi connectivity index (χ1n) is 6.97. The van der Waals surface area contributed by atoms with Crippen LogP contribution in [0, 0.1) is 6.92 Å². The normalized spacial score (nSPS) is 23.4. The Labute approximate surface area is 119 Å². The molecule has 1 fully saturated rings. The molecular weight excluding hydrogens is 256 g/mol. The maximum Gasteiger partial charge on any atom is 0.237 e. The summed E-state index contributed by atoms with van der Waals surface area (Å²) < 4.78 is 5.72. The molecule has 2 rings (SSSR count). The van der Waals surface area contributed by atoms with Crippen LogP contribution in [0.1, 0.15) is 18.9 Å². The molecule has 1 aliphatic heterocycles. The lowest BCUT2D eigenvalue weighted by atomic mass is 10.2. The number of carbonyl (C=O) groups is 1. The zero-order valence-electron chi connectivity index (χ0n) is 11.9. The summed E-state index contributed by atoms with van der Waals surface area (Å²) in [6.07, 6.45) is -0.0565. The fourth-order valence-electron chi connectivity index (χ4n) is 2.18. The monoisotopic (exact) mass is 278 g/mol. The first-order valence-corrected chi connectivity index (χ1v) is 6.97. The SMILES string of the molecule is Cc1ccc(OC(C)CNC(=O)C2CC(O)CN2)cc1. The van der Waals surface area contributed by atoms with Crippen LogP contribution in [0.15, 0.2) is 24.3 Å². The van der Waals surface area contributed by atoms with Gasteiger partial charge in [0.2, 0.25) is 5.91 Å². The van der Waals surface area contributed by atoms with Gasteiger partial charge in [-0.15, -0.1) is 0 Å². The Hall–Kier alpha value is -1.59. The van der Waals surface area contributed by atoms with Crippen molar-refractivity contribution in [2.75, 3.05) is 13.1 Å². The molecule has 1 aromatic rings. The summed E-state index contributed by atoms with van der Waals surface area (Å²) in [6.45, 7) is 4.86. The van der Waals surface area contributed by atoms with Gasteiger partial charge in [0.25, 0.3) is 0 Å². The predicted octanol–water partition coefficient (Wildman–Crippen LogP) is 0.601. The standard InChI is InChI=1S/C15H22N2O3/c1-10-3-5-13(6-4-10)20-11(2)8-17-15(19)14-7-12(18)9-16-14/h3-6,11-12,14,16,18H,7-9H2,1-2H3,(H,17,19). The molecule has 3 atom stereocenters. The van der Waals surface area contributed by atoms with Gasteiger partial charge in [0.15, 0.2) is 0 Å². The molecule has 1 aliphatic rings. The number of β-amino-alcohol motifs (C(OH)–C–C–N with tert-alkyl or cyclic N) is 1. The molecule has 5 nitrogen and oxygen atoms in total. The average molecular weight is 278 g/mol. The molecule has 1 amide bonds. The maximum absolute atomic E-state index is 11.9. The van der Waals surface area contributed by atoms with Crippen LogP contribution in [0.25, 0.3) is 0 Å². The summed E-state index contributed by atoms with van der Waals surface area (Å²) in [6, 6.07) is 7.52. The highest BCUT2D eigenvalue weighted by atomic mass is 16.5. The summed E-state index contributed by atoms with van der Waals surface area (Å²) in [5.74, 6) is 0.715. The zero-order valence-corrected chi connectivity index (χ0v) is 11.9. The van der Waals surface area contributed by atoms with Gasteiger partial charge in [-0.2, -0.15) is 0 Å². The molecule has 0 saturated carbocycles. The Morgan fingerprint density at radius 3 is 2.80 bits per heavy atom. The van der Waals surface area contributed by atoms with Crippen molar-refractivity contribution < 1.29 is 14.6 Å². The topological polar surface area (TPSA) is 70.6 Å². The van der Waals surface area contributed by atoms with E-state index in [1.165, 1.54) is 5.56 Å². The minimum absolute atomic E-state index is 0.0825. The predicted molar refractivity (Wildman–Crippen MR) is 76.7 cm³/mol. The molecule has 3 unspecified atom stereocenters. The van der Waals surface area contributed by atoms with E-state index >= 15 is 0 Å². The van der Waals surface area contributed by atoms with E-state index in [2.05, 4.69) is 10.6 Å². The highest BCUT2D eigenvalue weighted by Crippen LogP contribution is 2.13. The second kappa shape index (κ2) is 6.72. The first kappa shape index (κ1) is 14.8. The van der Waals surface area contributed by atoms with Gasteiger partial charge >= 0.3 is 0 Å². The number of carbonyl (C=O) groups excluding carboxylic acids is 1. The maximum atomic E-state index is 11.9. The third kappa shape index (κ3) is 4.21. The third-order valence-electron chi connectivity index (χ3n) is 3.35. The number of ether oxygens (including phenoxy) is 1. The van der Waals surface area contributed by atoms with Crippen molar-refractivity contribution in [3.8, 4) is 5.75 Å². The second-order valence-corrected chi connectivity index (χ2v) is 5.34. The van der Waals surface area contributed by atoms with E-state index in [1.54, 1.807) is 0 Å². The number of aliphatic hydroxyl groups is 1. The first-order chi connectivity index (χ1) is 9.54. The van der Waals surface area contributed by atoms with Gasteiger partial charge < -0.3 is 20.5 Å². The molecule has 0 aromatic heterocycles. The molecule has 1 heterocycles. The Balaban J connectivity index is 1.73. The number of hydrogen-bond donors (Lipinski definition) is 3. The molecule has 0 bridgehead atoms. The molecule has 0 aliphatic carbocycles. The van der Waals surface area contributed by atoms with Gasteiger partial charge in [0.1, 0.15) is 11.9 Å². The van der Waals surface area contributed by atoms with E-state index < -0.39 is 6.10 Å². The van der Waals surface area contributed by atoms with Crippen molar-refractivity contribution in [3.63, 3.8) is 0 Å². The Morgan fingerprint density at radius 2 is 2.20 bits per heavy atom. The van der Waals surface area contributed by atoms with Gasteiger partial charge in [-0.3, -0.25) is 4.79 Å². The largest absolute Gasteiger partial charge is 0.489 e. The quantitative estimate of drug-likeness (QED) is 0.738. The summed E-state index contributed by atoms with van der Waals surface area (Å²) in [4.78, 5) is 11.9. The van der Waals surface area contributed by atoms with Crippen LogP contribution in [0.3, 0.4) is 0 Å². The Kier molecular flexibility index (Phi) is 4.98. The van der Waals surface area contributed by atoms with Crippen LogP contribution in [-0.4, -0.2) is 42.4 Å². The lowest BCUT2D eigenvalue weighted by Gasteiger charge is -2.17. The Morgan fingerprint density at radius 1 is 1.50 bits per heavy atom. The van der Waals surface area contributed by atoms with Crippen LogP contribution in [0.4, 0.5) is 0 Å². The van der Waals surface area contributed by atoms with E-state index in [0.717, 1.165) is 5.75 Å². The molecule has 110 valence electrons. The highest BCUT2D eigenvalue weighted by molar-refractivity contribution is 5.82. The third-order valence-corrected chi connectivity index (χ3v) is 3.35. The molecule has 5 heteroatoms. The van der Waals surface area contributed by atoms with Crippen LogP contribution in [-0.2, 0) is 4.79 Å². The molecule has 1 aromatic carbocycles. The van der Waals surface area contributed by atoms with Crippen molar-refractivity contribution in [1.82, 2.24) is 10.6 Å². The van der Waals surface area contributed by atoms with Crippen molar-refractivity contribution >= 4 is 5.91 Å². The van der Waals surface area contributed by atoms with Gasteiger partial charge in [0, 0.05) is 6.54 Å². The fraction of sp³-hybridized carbons (Fsp3) is 0.533. The number of hydrogen-bond acceptors (Lipinski definition) is 4. The molecule has 20 heavy (non-hydrogen) atoms. The molecule has 1 saturated heterocycles. The van der Waals surface area contributed by atoms with Crippen LogP contribution < -0.4 is 15.4 Å². The number of aliphatic hydroxyl groups excluding tert-OH is 1. The fourth-order valence-corrected chi connectivity index (χ4v) is 2.18. The van der Waals surface area contributed by atoms with E-state index in [1.807, 2.05) is 38.1 Å². The van der Waals surface area contributed by atoms with E-state index in [9.17, 15) is 9.90 Å². The molecule has 0 spiro atoms. The van der Waals surface area contributed by atoms with Gasteiger partial charge in [-0.05, 0) is 32.4 Å². The molecule has 3 N–H and O–H groups in total. The number of rotatable bonds is 5. The van der Waals surface area contributed by atoms with Crippen LogP contribution in [0.5, 0.6) is 5.75 Å². The van der Waals surface area contributed by atoms with E-state index in [-0.39, 0.29) is 18.1 Å². The highest BCUT2D eigenvalue weighted by Gasteiger charge is 2.27. The second-order valence-electron chi connectivity index (χ2n) is 5.34. The van der Waals surface area contributed by atoms with Crippen LogP contribution in [0.2, 0.25) is 0 Å². The van der Waals surface area contributed by atoms with Gasteiger partial charge in [-0.25, -0.2) is 0 Å². The number of nitrogens with one attached hydrogen (secondary N) is 2. The number of aryl methyl sites for hydroxylation is 1. The average Bonchev–Trinajstić information content (AvgIpc) is 2.85. The summed E-state index contributed by atoms with van der Waals surface area (Å²) in [5, 5.41) is 15.2. The van der Waals surface area contributed by atoms with Crippen LogP contribution >= 0.6 is 0 Å².